The topological polar surface area (TPSA) is 40.5 Å². The predicted octanol–water partition coefficient (Wildman–Crippen LogP) is 2.95. The average Bonchev–Trinajstić information content (AvgIpc) is 3.14. The molecule has 0 radical (unpaired) electrons. The Balaban J connectivity index is 2.18. The largest absolute Gasteiger partial charge is 0.289 e. The zero-order valence-corrected chi connectivity index (χ0v) is 10.1. The molecule has 0 aromatic heterocycles. The van der Waals surface area contributed by atoms with Crippen LogP contribution in [0.25, 0.3) is 10.8 Å². The van der Waals surface area contributed by atoms with E-state index in [-0.39, 0.29) is 6.04 Å². The zero-order chi connectivity index (χ0) is 11.8. The van der Waals surface area contributed by atoms with Gasteiger partial charge in [-0.3, -0.25) is 8.86 Å². The van der Waals surface area contributed by atoms with Gasteiger partial charge in [-0.25, -0.2) is 4.21 Å². The highest BCUT2D eigenvalue weighted by Crippen LogP contribution is 2.36. The van der Waals surface area contributed by atoms with Gasteiger partial charge in [-0.2, -0.15) is 0 Å². The summed E-state index contributed by atoms with van der Waals surface area (Å²) in [5.74, 6) is 0. The van der Waals surface area contributed by atoms with Crippen LogP contribution in [0.5, 0.6) is 0 Å². The van der Waals surface area contributed by atoms with E-state index in [9.17, 15) is 8.76 Å². The third-order valence-electron chi connectivity index (χ3n) is 3.05. The summed E-state index contributed by atoms with van der Waals surface area (Å²) in [7, 11) is 0. The van der Waals surface area contributed by atoms with Crippen LogP contribution in [0.3, 0.4) is 0 Å². The Morgan fingerprint density at radius 3 is 2.53 bits per heavy atom. The summed E-state index contributed by atoms with van der Waals surface area (Å²) >= 11 is -1.94. The van der Waals surface area contributed by atoms with E-state index in [2.05, 4.69) is 0 Å². The van der Waals surface area contributed by atoms with Gasteiger partial charge in [-0.05, 0) is 24.3 Å². The van der Waals surface area contributed by atoms with E-state index in [4.69, 9.17) is 0 Å². The molecule has 0 amide bonds. The average molecular weight is 247 g/mol. The van der Waals surface area contributed by atoms with Crippen molar-refractivity contribution in [3.05, 3.63) is 42.5 Å². The van der Waals surface area contributed by atoms with E-state index in [1.807, 2.05) is 42.5 Å². The maximum atomic E-state index is 11.5. The number of hydrogen-bond acceptors (Lipinski definition) is 1. The summed E-state index contributed by atoms with van der Waals surface area (Å²) in [6, 6.07) is 14.0. The second kappa shape index (κ2) is 4.13. The minimum absolute atomic E-state index is 0.214. The number of fused-ring (bicyclic) bond motifs is 1. The van der Waals surface area contributed by atoms with Crippen LogP contribution in [0.15, 0.2) is 42.5 Å². The highest BCUT2D eigenvalue weighted by Gasteiger charge is 2.33. The number of hydrogen-bond donors (Lipinski definition) is 1. The fourth-order valence-electron chi connectivity index (χ4n) is 2.12. The normalized spacial score (nSPS) is 17.0. The molecule has 1 aliphatic rings. The van der Waals surface area contributed by atoms with Crippen molar-refractivity contribution in [1.82, 2.24) is 0 Å². The Labute approximate surface area is 102 Å². The first kappa shape index (κ1) is 10.7. The summed E-state index contributed by atoms with van der Waals surface area (Å²) in [5, 5.41) is 2.13. The molecule has 2 aromatic rings. The number of nitrogens with zero attached hydrogens (tertiary/aromatic N) is 1. The fraction of sp³-hybridized carbons (Fsp3) is 0.231. The van der Waals surface area contributed by atoms with Crippen LogP contribution in [0.2, 0.25) is 0 Å². The molecule has 4 heteroatoms. The van der Waals surface area contributed by atoms with Gasteiger partial charge < -0.3 is 0 Å². The van der Waals surface area contributed by atoms with E-state index < -0.39 is 11.3 Å². The van der Waals surface area contributed by atoms with E-state index in [1.165, 1.54) is 0 Å². The first-order chi connectivity index (χ1) is 8.27. The zero-order valence-electron chi connectivity index (χ0n) is 9.24. The smallest absolute Gasteiger partial charge is 0.262 e. The SMILES string of the molecule is O=S(O)N(c1cccc2ccccc12)C1CC1. The second-order valence-corrected chi connectivity index (χ2v) is 5.14. The molecule has 2 aromatic carbocycles. The quantitative estimate of drug-likeness (QED) is 0.847. The highest BCUT2D eigenvalue weighted by molar-refractivity contribution is 7.80. The lowest BCUT2D eigenvalue weighted by Gasteiger charge is -2.21. The molecule has 0 aliphatic heterocycles. The molecule has 0 spiro atoms. The van der Waals surface area contributed by atoms with Gasteiger partial charge in [-0.1, -0.05) is 36.4 Å². The molecule has 3 rings (SSSR count). The monoisotopic (exact) mass is 247 g/mol. The number of anilines is 1. The summed E-state index contributed by atoms with van der Waals surface area (Å²) < 4.78 is 22.5. The lowest BCUT2D eigenvalue weighted by atomic mass is 10.1. The Morgan fingerprint density at radius 1 is 1.12 bits per heavy atom. The van der Waals surface area contributed by atoms with Gasteiger partial charge >= 0.3 is 0 Å². The van der Waals surface area contributed by atoms with Gasteiger partial charge in [0.05, 0.1) is 5.69 Å². The van der Waals surface area contributed by atoms with Crippen molar-refractivity contribution in [2.75, 3.05) is 4.31 Å². The fourth-order valence-corrected chi connectivity index (χ4v) is 2.91. The predicted molar refractivity (Wildman–Crippen MR) is 70.2 cm³/mol. The Hall–Kier alpha value is -1.39. The summed E-state index contributed by atoms with van der Waals surface area (Å²) in [6.07, 6.45) is 1.99. The van der Waals surface area contributed by atoms with E-state index in [0.717, 1.165) is 29.3 Å². The lowest BCUT2D eigenvalue weighted by molar-refractivity contribution is 0.558. The third kappa shape index (κ3) is 1.94. The molecule has 0 saturated heterocycles. The molecular weight excluding hydrogens is 234 g/mol. The van der Waals surface area contributed by atoms with E-state index in [1.54, 1.807) is 4.31 Å². The van der Waals surface area contributed by atoms with Crippen molar-refractivity contribution >= 4 is 27.7 Å². The van der Waals surface area contributed by atoms with E-state index in [0.29, 0.717) is 0 Å². The second-order valence-electron chi connectivity index (χ2n) is 4.29. The molecular formula is C13H13NO2S. The molecule has 1 N–H and O–H groups in total. The summed E-state index contributed by atoms with van der Waals surface area (Å²) in [6.45, 7) is 0. The standard InChI is InChI=1S/C13H13NO2S/c15-17(16)14(11-8-9-11)13-7-3-5-10-4-1-2-6-12(10)13/h1-7,11H,8-9H2,(H,15,16). The van der Waals surface area contributed by atoms with Crippen molar-refractivity contribution in [2.24, 2.45) is 0 Å². The molecule has 88 valence electrons. The maximum Gasteiger partial charge on any atom is 0.262 e. The number of rotatable bonds is 3. The Bertz CT molecular complexity index is 575. The molecule has 3 nitrogen and oxygen atoms in total. The van der Waals surface area contributed by atoms with Crippen molar-refractivity contribution < 1.29 is 8.76 Å². The van der Waals surface area contributed by atoms with Crippen LogP contribution < -0.4 is 4.31 Å². The van der Waals surface area contributed by atoms with Crippen LogP contribution in [0.4, 0.5) is 5.69 Å². The Morgan fingerprint density at radius 2 is 1.82 bits per heavy atom. The molecule has 0 bridgehead atoms. The summed E-state index contributed by atoms with van der Waals surface area (Å²) in [4.78, 5) is 0. The Kier molecular flexibility index (Phi) is 2.61. The van der Waals surface area contributed by atoms with Gasteiger partial charge in [0.1, 0.15) is 0 Å². The maximum absolute atomic E-state index is 11.5. The first-order valence-electron chi connectivity index (χ1n) is 5.65. The van der Waals surface area contributed by atoms with Gasteiger partial charge in [0.15, 0.2) is 0 Å². The van der Waals surface area contributed by atoms with Gasteiger partial charge in [-0.15, -0.1) is 0 Å². The minimum atomic E-state index is -1.94. The third-order valence-corrected chi connectivity index (χ3v) is 3.88. The van der Waals surface area contributed by atoms with Crippen LogP contribution in [0, 0.1) is 0 Å². The molecule has 0 heterocycles. The first-order valence-corrected chi connectivity index (χ1v) is 6.72. The van der Waals surface area contributed by atoms with Gasteiger partial charge in [0.2, 0.25) is 0 Å². The van der Waals surface area contributed by atoms with Crippen molar-refractivity contribution in [3.63, 3.8) is 0 Å². The summed E-state index contributed by atoms with van der Waals surface area (Å²) in [5.41, 5.74) is 0.853. The molecule has 1 atom stereocenters. The molecule has 1 saturated carbocycles. The molecule has 17 heavy (non-hydrogen) atoms. The number of benzene rings is 2. The lowest BCUT2D eigenvalue weighted by Crippen LogP contribution is -2.27. The molecule has 1 unspecified atom stereocenters. The van der Waals surface area contributed by atoms with Crippen LogP contribution in [0.1, 0.15) is 12.8 Å². The van der Waals surface area contributed by atoms with Crippen molar-refractivity contribution in [1.29, 1.82) is 0 Å². The molecule has 1 fully saturated rings. The van der Waals surface area contributed by atoms with Gasteiger partial charge in [0, 0.05) is 11.4 Å². The van der Waals surface area contributed by atoms with Gasteiger partial charge in [0.25, 0.3) is 11.3 Å². The van der Waals surface area contributed by atoms with Crippen molar-refractivity contribution in [2.45, 2.75) is 18.9 Å². The minimum Gasteiger partial charge on any atom is -0.289 e. The highest BCUT2D eigenvalue weighted by atomic mass is 32.2. The van der Waals surface area contributed by atoms with Crippen LogP contribution in [-0.2, 0) is 11.3 Å². The van der Waals surface area contributed by atoms with E-state index >= 15 is 0 Å². The molecule has 1 aliphatic carbocycles. The van der Waals surface area contributed by atoms with Crippen LogP contribution in [-0.4, -0.2) is 14.8 Å². The van der Waals surface area contributed by atoms with Crippen LogP contribution >= 0.6 is 0 Å². The van der Waals surface area contributed by atoms with Crippen molar-refractivity contribution in [3.8, 4) is 0 Å².